The van der Waals surface area contributed by atoms with Crippen LogP contribution in [0.1, 0.15) is 70.6 Å². The maximum absolute atomic E-state index is 13.5. The summed E-state index contributed by atoms with van der Waals surface area (Å²) in [5, 5.41) is 12.8. The first-order valence-corrected chi connectivity index (χ1v) is 12.6. The Morgan fingerprint density at radius 1 is 1.03 bits per heavy atom. The summed E-state index contributed by atoms with van der Waals surface area (Å²) in [7, 11) is 0. The highest BCUT2D eigenvalue weighted by molar-refractivity contribution is 5.92. The molecule has 32 heavy (non-hydrogen) atoms. The van der Waals surface area contributed by atoms with Crippen molar-refractivity contribution in [3.8, 4) is 0 Å². The average molecular weight is 441 g/mol. The molecule has 2 aliphatic heterocycles. The number of aromatic nitrogens is 1. The number of nitrogens with zero attached hydrogens (tertiary/aromatic N) is 3. The van der Waals surface area contributed by atoms with Gasteiger partial charge >= 0.3 is 0 Å². The molecule has 0 unspecified atom stereocenters. The molecule has 2 saturated heterocycles. The van der Waals surface area contributed by atoms with E-state index in [2.05, 4.69) is 20.1 Å². The van der Waals surface area contributed by atoms with E-state index in [0.717, 1.165) is 102 Å². The van der Waals surface area contributed by atoms with Crippen molar-refractivity contribution >= 4 is 23.3 Å². The number of aliphatic hydroxyl groups excluding tert-OH is 1. The Kier molecular flexibility index (Phi) is 6.10. The molecular formula is C25H36N4O3. The SMILES string of the molecule is O=C(Nc1ccc(N2CCC[C@@]3(CCN([C@H]4CC[C@H](O)CC4)C3=O)C2)nc1)C1CCCC1. The minimum Gasteiger partial charge on any atom is -0.393 e. The van der Waals surface area contributed by atoms with Gasteiger partial charge in [0, 0.05) is 31.6 Å². The number of piperidine rings is 1. The van der Waals surface area contributed by atoms with E-state index in [4.69, 9.17) is 0 Å². The van der Waals surface area contributed by atoms with Crippen LogP contribution in [0.25, 0.3) is 0 Å². The normalized spacial score (nSPS) is 31.5. The highest BCUT2D eigenvalue weighted by Gasteiger charge is 2.50. The minimum absolute atomic E-state index is 0.112. The number of nitrogens with one attached hydrogen (secondary N) is 1. The molecule has 1 aromatic heterocycles. The number of hydrogen-bond acceptors (Lipinski definition) is 5. The number of carbonyl (C=O) groups excluding carboxylic acids is 2. The van der Waals surface area contributed by atoms with Gasteiger partial charge in [-0.25, -0.2) is 4.98 Å². The lowest BCUT2D eigenvalue weighted by Gasteiger charge is -2.41. The largest absolute Gasteiger partial charge is 0.393 e. The van der Waals surface area contributed by atoms with Crippen LogP contribution in [-0.4, -0.2) is 58.6 Å². The van der Waals surface area contributed by atoms with Gasteiger partial charge in [0.2, 0.25) is 11.8 Å². The molecule has 174 valence electrons. The van der Waals surface area contributed by atoms with Crippen LogP contribution in [0.3, 0.4) is 0 Å². The van der Waals surface area contributed by atoms with Crippen molar-refractivity contribution < 1.29 is 14.7 Å². The standard InChI is InChI=1S/C25H36N4O3/c30-21-9-7-20(8-10-21)29-15-13-25(24(29)32)12-3-14-28(17-25)22-11-6-19(16-26-22)27-23(31)18-4-1-2-5-18/h6,11,16,18,20-21,30H,1-5,7-10,12-15,17H2,(H,27,31)/t20-,21-,25-/m1/s1. The van der Waals surface area contributed by atoms with Crippen LogP contribution < -0.4 is 10.2 Å². The highest BCUT2D eigenvalue weighted by Crippen LogP contribution is 2.43. The molecule has 1 atom stereocenters. The molecule has 2 aliphatic carbocycles. The van der Waals surface area contributed by atoms with E-state index in [1.54, 1.807) is 6.20 Å². The van der Waals surface area contributed by atoms with E-state index >= 15 is 0 Å². The fourth-order valence-corrected chi connectivity index (χ4v) is 6.35. The Morgan fingerprint density at radius 2 is 1.81 bits per heavy atom. The molecule has 4 fully saturated rings. The summed E-state index contributed by atoms with van der Waals surface area (Å²) < 4.78 is 0. The fourth-order valence-electron chi connectivity index (χ4n) is 6.35. The third-order valence-corrected chi connectivity index (χ3v) is 8.30. The minimum atomic E-state index is -0.300. The first-order valence-electron chi connectivity index (χ1n) is 12.6. The molecule has 2 N–H and O–H groups in total. The summed E-state index contributed by atoms with van der Waals surface area (Å²) in [6.07, 6.45) is 12.1. The molecule has 7 heteroatoms. The molecule has 2 amide bonds. The van der Waals surface area contributed by atoms with Gasteiger partial charge in [-0.1, -0.05) is 12.8 Å². The summed E-state index contributed by atoms with van der Waals surface area (Å²) in [5.74, 6) is 1.44. The smallest absolute Gasteiger partial charge is 0.230 e. The Bertz CT molecular complexity index is 830. The second-order valence-electron chi connectivity index (χ2n) is 10.4. The zero-order chi connectivity index (χ0) is 22.1. The number of rotatable bonds is 4. The maximum atomic E-state index is 13.5. The number of amides is 2. The quantitative estimate of drug-likeness (QED) is 0.750. The van der Waals surface area contributed by atoms with Gasteiger partial charge in [-0.05, 0) is 69.9 Å². The maximum Gasteiger partial charge on any atom is 0.230 e. The van der Waals surface area contributed by atoms with Crippen molar-refractivity contribution in [1.29, 1.82) is 0 Å². The molecule has 4 aliphatic rings. The zero-order valence-corrected chi connectivity index (χ0v) is 19.0. The molecule has 0 aromatic carbocycles. The molecule has 5 rings (SSSR count). The molecule has 0 bridgehead atoms. The van der Waals surface area contributed by atoms with Gasteiger partial charge in [0.25, 0.3) is 0 Å². The van der Waals surface area contributed by atoms with E-state index in [9.17, 15) is 14.7 Å². The highest BCUT2D eigenvalue weighted by atomic mass is 16.3. The molecule has 1 spiro atoms. The fraction of sp³-hybridized carbons (Fsp3) is 0.720. The third kappa shape index (κ3) is 4.24. The van der Waals surface area contributed by atoms with Gasteiger partial charge in [-0.3, -0.25) is 9.59 Å². The summed E-state index contributed by atoms with van der Waals surface area (Å²) in [5.41, 5.74) is 0.450. The monoisotopic (exact) mass is 440 g/mol. The van der Waals surface area contributed by atoms with Crippen molar-refractivity contribution in [3.05, 3.63) is 18.3 Å². The Hall–Kier alpha value is -2.15. The zero-order valence-electron chi connectivity index (χ0n) is 19.0. The Labute approximate surface area is 190 Å². The first-order chi connectivity index (χ1) is 15.5. The van der Waals surface area contributed by atoms with Gasteiger partial charge in [-0.2, -0.15) is 0 Å². The lowest BCUT2D eigenvalue weighted by atomic mass is 9.78. The first kappa shape index (κ1) is 21.7. The van der Waals surface area contributed by atoms with Crippen LogP contribution in [0.4, 0.5) is 11.5 Å². The summed E-state index contributed by atoms with van der Waals surface area (Å²) in [6.45, 7) is 2.47. The molecule has 2 saturated carbocycles. The average Bonchev–Trinajstić information content (AvgIpc) is 3.45. The third-order valence-electron chi connectivity index (χ3n) is 8.30. The van der Waals surface area contributed by atoms with E-state index in [1.165, 1.54) is 0 Å². The van der Waals surface area contributed by atoms with Crippen LogP contribution in [0.5, 0.6) is 0 Å². The summed E-state index contributed by atoms with van der Waals surface area (Å²) in [6, 6.07) is 4.21. The Balaban J connectivity index is 1.22. The number of likely N-dealkylation sites (tertiary alicyclic amines) is 1. The van der Waals surface area contributed by atoms with Gasteiger partial charge in [0.05, 0.1) is 23.4 Å². The van der Waals surface area contributed by atoms with Gasteiger partial charge in [0.1, 0.15) is 5.82 Å². The number of pyridine rings is 1. The Morgan fingerprint density at radius 3 is 2.53 bits per heavy atom. The van der Waals surface area contributed by atoms with Crippen LogP contribution in [0.15, 0.2) is 18.3 Å². The van der Waals surface area contributed by atoms with Crippen LogP contribution in [0, 0.1) is 11.3 Å². The van der Waals surface area contributed by atoms with Gasteiger partial charge < -0.3 is 20.2 Å². The predicted molar refractivity (Wildman–Crippen MR) is 123 cm³/mol. The number of carbonyl (C=O) groups is 2. The van der Waals surface area contributed by atoms with E-state index in [1.807, 2.05) is 12.1 Å². The lowest BCUT2D eigenvalue weighted by molar-refractivity contribution is -0.139. The topological polar surface area (TPSA) is 85.8 Å². The molecule has 1 aromatic rings. The lowest BCUT2D eigenvalue weighted by Crippen LogP contribution is -2.50. The molecule has 0 radical (unpaired) electrons. The second-order valence-corrected chi connectivity index (χ2v) is 10.4. The summed E-state index contributed by atoms with van der Waals surface area (Å²) in [4.78, 5) is 34.9. The predicted octanol–water partition coefficient (Wildman–Crippen LogP) is 3.33. The van der Waals surface area contributed by atoms with Crippen molar-refractivity contribution in [2.75, 3.05) is 29.9 Å². The van der Waals surface area contributed by atoms with Crippen molar-refractivity contribution in [2.45, 2.75) is 82.8 Å². The van der Waals surface area contributed by atoms with E-state index < -0.39 is 0 Å². The molecular weight excluding hydrogens is 404 g/mol. The molecule has 3 heterocycles. The number of aliphatic hydroxyl groups is 1. The van der Waals surface area contributed by atoms with Crippen molar-refractivity contribution in [3.63, 3.8) is 0 Å². The van der Waals surface area contributed by atoms with Crippen LogP contribution in [0.2, 0.25) is 0 Å². The van der Waals surface area contributed by atoms with Gasteiger partial charge in [-0.15, -0.1) is 0 Å². The molecule has 7 nitrogen and oxygen atoms in total. The van der Waals surface area contributed by atoms with E-state index in [0.29, 0.717) is 11.9 Å². The van der Waals surface area contributed by atoms with Crippen molar-refractivity contribution in [2.24, 2.45) is 11.3 Å². The second kappa shape index (κ2) is 9.00. The van der Waals surface area contributed by atoms with Crippen molar-refractivity contribution in [1.82, 2.24) is 9.88 Å². The van der Waals surface area contributed by atoms with Gasteiger partial charge in [0.15, 0.2) is 0 Å². The summed E-state index contributed by atoms with van der Waals surface area (Å²) >= 11 is 0. The van der Waals surface area contributed by atoms with Crippen LogP contribution in [-0.2, 0) is 9.59 Å². The van der Waals surface area contributed by atoms with E-state index in [-0.39, 0.29) is 23.3 Å². The number of hydrogen-bond donors (Lipinski definition) is 2. The number of anilines is 2. The van der Waals surface area contributed by atoms with Crippen LogP contribution >= 0.6 is 0 Å².